The highest BCUT2D eigenvalue weighted by Crippen LogP contribution is 2.26. The molecule has 3 rings (SSSR count). The van der Waals surface area contributed by atoms with Crippen molar-refractivity contribution in [1.29, 1.82) is 0 Å². The molecule has 1 amide bonds. The van der Waals surface area contributed by atoms with Crippen molar-refractivity contribution in [3.63, 3.8) is 0 Å². The van der Waals surface area contributed by atoms with Gasteiger partial charge in [-0.3, -0.25) is 4.79 Å². The van der Waals surface area contributed by atoms with Crippen molar-refractivity contribution in [3.05, 3.63) is 24.3 Å². The first-order valence-corrected chi connectivity index (χ1v) is 10.7. The van der Waals surface area contributed by atoms with Crippen molar-refractivity contribution in [2.45, 2.75) is 24.7 Å². The largest absolute Gasteiger partial charge is 0.494 e. The first kappa shape index (κ1) is 19.1. The maximum Gasteiger partial charge on any atom is 0.243 e. The molecule has 8 heteroatoms. The summed E-state index contributed by atoms with van der Waals surface area (Å²) in [7, 11) is -3.52. The zero-order valence-corrected chi connectivity index (χ0v) is 16.0. The van der Waals surface area contributed by atoms with Crippen LogP contribution in [0.4, 0.5) is 0 Å². The van der Waals surface area contributed by atoms with E-state index >= 15 is 0 Å². The zero-order valence-electron chi connectivity index (χ0n) is 15.2. The second-order valence-corrected chi connectivity index (χ2v) is 8.60. The fourth-order valence-electron chi connectivity index (χ4n) is 3.51. The van der Waals surface area contributed by atoms with Gasteiger partial charge in [-0.05, 0) is 44.0 Å². The van der Waals surface area contributed by atoms with E-state index < -0.39 is 10.0 Å². The number of carbonyl (C=O) groups is 1. The van der Waals surface area contributed by atoms with Crippen LogP contribution in [0.5, 0.6) is 5.75 Å². The van der Waals surface area contributed by atoms with Gasteiger partial charge >= 0.3 is 0 Å². The molecule has 7 nitrogen and oxygen atoms in total. The highest BCUT2D eigenvalue weighted by atomic mass is 32.2. The van der Waals surface area contributed by atoms with Gasteiger partial charge in [0.15, 0.2) is 0 Å². The standard InChI is InChI=1S/C18H27N3O4S/c1-2-25-16-3-5-17(6-4-16)26(23,24)21-11-7-15(8-12-21)18(22)20-13-9-19-10-14-20/h3-6,15,19H,2,7-14H2,1H3. The third kappa shape index (κ3) is 4.19. The van der Waals surface area contributed by atoms with E-state index in [0.717, 1.165) is 26.2 Å². The van der Waals surface area contributed by atoms with Gasteiger partial charge in [-0.25, -0.2) is 8.42 Å². The number of nitrogens with one attached hydrogen (secondary N) is 1. The Morgan fingerprint density at radius 2 is 1.73 bits per heavy atom. The van der Waals surface area contributed by atoms with E-state index in [4.69, 9.17) is 4.74 Å². The van der Waals surface area contributed by atoms with E-state index in [0.29, 0.717) is 38.3 Å². The van der Waals surface area contributed by atoms with Crippen LogP contribution in [0.25, 0.3) is 0 Å². The summed E-state index contributed by atoms with van der Waals surface area (Å²) in [5.74, 6) is 0.760. The van der Waals surface area contributed by atoms with Gasteiger partial charge in [0.05, 0.1) is 11.5 Å². The number of benzene rings is 1. The summed E-state index contributed by atoms with van der Waals surface area (Å²) in [6, 6.07) is 6.52. The maximum atomic E-state index is 12.8. The molecule has 0 spiro atoms. The molecule has 0 bridgehead atoms. The third-order valence-corrected chi connectivity index (χ3v) is 6.92. The van der Waals surface area contributed by atoms with Crippen molar-refractivity contribution in [1.82, 2.24) is 14.5 Å². The molecule has 26 heavy (non-hydrogen) atoms. The average molecular weight is 381 g/mol. The Morgan fingerprint density at radius 1 is 1.12 bits per heavy atom. The molecule has 2 aliphatic heterocycles. The van der Waals surface area contributed by atoms with Gasteiger partial charge in [0.2, 0.25) is 15.9 Å². The van der Waals surface area contributed by atoms with E-state index in [1.54, 1.807) is 24.3 Å². The smallest absolute Gasteiger partial charge is 0.243 e. The molecule has 0 aliphatic carbocycles. The summed E-state index contributed by atoms with van der Waals surface area (Å²) < 4.78 is 32.5. The van der Waals surface area contributed by atoms with E-state index in [-0.39, 0.29) is 16.7 Å². The topological polar surface area (TPSA) is 79.0 Å². The number of ether oxygens (including phenoxy) is 1. The van der Waals surface area contributed by atoms with Gasteiger partial charge < -0.3 is 15.0 Å². The molecule has 1 aromatic carbocycles. The number of hydrogen-bond acceptors (Lipinski definition) is 5. The second kappa shape index (κ2) is 8.37. The van der Waals surface area contributed by atoms with E-state index in [9.17, 15) is 13.2 Å². The summed E-state index contributed by atoms with van der Waals surface area (Å²) in [6.07, 6.45) is 1.16. The maximum absolute atomic E-state index is 12.8. The van der Waals surface area contributed by atoms with Crippen LogP contribution in [0.1, 0.15) is 19.8 Å². The van der Waals surface area contributed by atoms with Crippen LogP contribution >= 0.6 is 0 Å². The van der Waals surface area contributed by atoms with Crippen molar-refractivity contribution in [3.8, 4) is 5.75 Å². The Hall–Kier alpha value is -1.64. The molecule has 0 saturated carbocycles. The lowest BCUT2D eigenvalue weighted by atomic mass is 9.96. The minimum atomic E-state index is -3.52. The number of hydrogen-bond donors (Lipinski definition) is 1. The Kier molecular flexibility index (Phi) is 6.16. The Labute approximate surface area is 155 Å². The van der Waals surface area contributed by atoms with E-state index in [1.165, 1.54) is 4.31 Å². The number of piperazine rings is 1. The highest BCUT2D eigenvalue weighted by Gasteiger charge is 2.34. The van der Waals surface area contributed by atoms with Gasteiger partial charge in [-0.15, -0.1) is 0 Å². The summed E-state index contributed by atoms with van der Waals surface area (Å²) in [6.45, 7) is 6.34. The van der Waals surface area contributed by atoms with Crippen LogP contribution in [-0.4, -0.2) is 69.4 Å². The summed E-state index contributed by atoms with van der Waals surface area (Å²) in [5, 5.41) is 3.24. The Balaban J connectivity index is 1.60. The van der Waals surface area contributed by atoms with Crippen molar-refractivity contribution >= 4 is 15.9 Å². The molecule has 144 valence electrons. The second-order valence-electron chi connectivity index (χ2n) is 6.66. The molecular formula is C18H27N3O4S. The minimum Gasteiger partial charge on any atom is -0.494 e. The summed E-state index contributed by atoms with van der Waals surface area (Å²) >= 11 is 0. The summed E-state index contributed by atoms with van der Waals surface area (Å²) in [4.78, 5) is 14.8. The minimum absolute atomic E-state index is 0.0696. The van der Waals surface area contributed by atoms with Crippen molar-refractivity contribution in [2.75, 3.05) is 45.9 Å². The number of piperidine rings is 1. The molecule has 2 saturated heterocycles. The first-order valence-electron chi connectivity index (χ1n) is 9.25. The molecule has 0 atom stereocenters. The zero-order chi connectivity index (χ0) is 18.6. The Morgan fingerprint density at radius 3 is 2.31 bits per heavy atom. The molecule has 2 fully saturated rings. The van der Waals surface area contributed by atoms with Crippen LogP contribution in [0.2, 0.25) is 0 Å². The van der Waals surface area contributed by atoms with Gasteiger partial charge in [0.1, 0.15) is 5.75 Å². The predicted molar refractivity (Wildman–Crippen MR) is 98.5 cm³/mol. The fourth-order valence-corrected chi connectivity index (χ4v) is 4.98. The molecule has 0 unspecified atom stereocenters. The van der Waals surface area contributed by atoms with Crippen LogP contribution in [0.15, 0.2) is 29.2 Å². The molecule has 2 aliphatic rings. The lowest BCUT2D eigenvalue weighted by molar-refractivity contribution is -0.137. The van der Waals surface area contributed by atoms with Crippen LogP contribution in [0.3, 0.4) is 0 Å². The van der Waals surface area contributed by atoms with Crippen LogP contribution in [0, 0.1) is 5.92 Å². The van der Waals surface area contributed by atoms with Crippen LogP contribution < -0.4 is 10.1 Å². The van der Waals surface area contributed by atoms with Gasteiger partial charge in [0.25, 0.3) is 0 Å². The van der Waals surface area contributed by atoms with E-state index in [1.807, 2.05) is 11.8 Å². The monoisotopic (exact) mass is 381 g/mol. The van der Waals surface area contributed by atoms with Gasteiger partial charge in [-0.1, -0.05) is 0 Å². The number of carbonyl (C=O) groups excluding carboxylic acids is 1. The van der Waals surface area contributed by atoms with Gasteiger partial charge in [-0.2, -0.15) is 4.31 Å². The number of rotatable bonds is 5. The van der Waals surface area contributed by atoms with Gasteiger partial charge in [0, 0.05) is 45.2 Å². The molecule has 1 aromatic rings. The summed E-state index contributed by atoms with van der Waals surface area (Å²) in [5.41, 5.74) is 0. The average Bonchev–Trinajstić information content (AvgIpc) is 2.69. The lowest BCUT2D eigenvalue weighted by Crippen LogP contribution is -2.50. The van der Waals surface area contributed by atoms with E-state index in [2.05, 4.69) is 5.32 Å². The molecule has 2 heterocycles. The highest BCUT2D eigenvalue weighted by molar-refractivity contribution is 7.89. The predicted octanol–water partition coefficient (Wildman–Crippen LogP) is 0.918. The normalized spacial score (nSPS) is 20.1. The van der Waals surface area contributed by atoms with Crippen LogP contribution in [-0.2, 0) is 14.8 Å². The molecule has 0 aromatic heterocycles. The number of nitrogens with zero attached hydrogens (tertiary/aromatic N) is 2. The molecular weight excluding hydrogens is 354 g/mol. The first-order chi connectivity index (χ1) is 12.5. The number of amides is 1. The van der Waals surface area contributed by atoms with Crippen molar-refractivity contribution in [2.24, 2.45) is 5.92 Å². The third-order valence-electron chi connectivity index (χ3n) is 5.00. The molecule has 1 N–H and O–H groups in total. The quantitative estimate of drug-likeness (QED) is 0.820. The van der Waals surface area contributed by atoms with Crippen molar-refractivity contribution < 1.29 is 17.9 Å². The lowest BCUT2D eigenvalue weighted by Gasteiger charge is -2.35. The fraction of sp³-hybridized carbons (Fsp3) is 0.611. The Bertz CT molecular complexity index is 706. The number of sulfonamides is 1. The SMILES string of the molecule is CCOc1ccc(S(=O)(=O)N2CCC(C(=O)N3CCNCC3)CC2)cc1. The molecule has 0 radical (unpaired) electrons.